The Bertz CT molecular complexity index is 544. The largest absolute Gasteiger partial charge is 0.486 e. The molecule has 0 aliphatic heterocycles. The van der Waals surface area contributed by atoms with Crippen LogP contribution in [0.2, 0.25) is 0 Å². The molecule has 0 bridgehead atoms. The molecule has 1 fully saturated rings. The van der Waals surface area contributed by atoms with Gasteiger partial charge in [-0.3, -0.25) is 14.9 Å². The fraction of sp³-hybridized carbons (Fsp3) is 0.500. The minimum atomic E-state index is -0.588. The van der Waals surface area contributed by atoms with Crippen LogP contribution in [0.4, 0.5) is 5.69 Å². The van der Waals surface area contributed by atoms with Crippen LogP contribution in [0, 0.1) is 17.0 Å². The highest BCUT2D eigenvalue weighted by Crippen LogP contribution is 2.29. The van der Waals surface area contributed by atoms with Crippen LogP contribution >= 0.6 is 0 Å². The molecule has 114 valence electrons. The number of non-ortho nitro benzene ring substituents is 1. The normalized spacial score (nSPS) is 21.0. The Morgan fingerprint density at radius 3 is 2.71 bits per heavy atom. The van der Waals surface area contributed by atoms with Gasteiger partial charge < -0.3 is 14.2 Å². The zero-order chi connectivity index (χ0) is 15.4. The Balaban J connectivity index is 1.98. The smallest absolute Gasteiger partial charge is 0.269 e. The van der Waals surface area contributed by atoms with Crippen LogP contribution < -0.4 is 4.74 Å². The number of benzene rings is 1. The molecular formula is C14H17NO6. The summed E-state index contributed by atoms with van der Waals surface area (Å²) < 4.78 is 16.0. The van der Waals surface area contributed by atoms with Gasteiger partial charge in [0.15, 0.2) is 11.9 Å². The van der Waals surface area contributed by atoms with Crippen molar-refractivity contribution in [3.8, 4) is 5.75 Å². The number of rotatable bonds is 7. The summed E-state index contributed by atoms with van der Waals surface area (Å²) in [6, 6.07) is 4.36. The Kier molecular flexibility index (Phi) is 4.87. The minimum absolute atomic E-state index is 0.00401. The van der Waals surface area contributed by atoms with Gasteiger partial charge in [-0.25, -0.2) is 0 Å². The van der Waals surface area contributed by atoms with Gasteiger partial charge in [0.1, 0.15) is 11.9 Å². The van der Waals surface area contributed by atoms with E-state index >= 15 is 0 Å². The molecule has 21 heavy (non-hydrogen) atoms. The molecule has 0 saturated heterocycles. The number of methoxy groups -OCH3 is 1. The number of nitrogens with zero attached hydrogens (tertiary/aromatic N) is 1. The lowest BCUT2D eigenvalue weighted by Crippen LogP contribution is -2.52. The van der Waals surface area contributed by atoms with Crippen molar-refractivity contribution in [1.82, 2.24) is 0 Å². The van der Waals surface area contributed by atoms with E-state index in [9.17, 15) is 14.9 Å². The van der Waals surface area contributed by atoms with Crippen molar-refractivity contribution in [3.05, 3.63) is 33.9 Å². The molecule has 0 N–H and O–H groups in total. The fourth-order valence-corrected chi connectivity index (χ4v) is 2.07. The molecule has 1 aromatic rings. The number of aryl methyl sites for hydroxylation is 1. The summed E-state index contributed by atoms with van der Waals surface area (Å²) >= 11 is 0. The Morgan fingerprint density at radius 2 is 2.14 bits per heavy atom. The zero-order valence-corrected chi connectivity index (χ0v) is 11.9. The first-order valence-electron chi connectivity index (χ1n) is 6.58. The number of nitro benzene ring substituents is 1. The molecule has 1 aromatic carbocycles. The standard InChI is InChI=1S/C14H17NO6/c1-9-7-10(15(17)18)3-4-12(9)21-13-8-11(16)14(13)20-6-5-19-2/h3-4,7,13-14H,5-6,8H2,1-2H3. The molecule has 1 saturated carbocycles. The van der Waals surface area contributed by atoms with Crippen LogP contribution in [0.5, 0.6) is 5.75 Å². The first-order chi connectivity index (χ1) is 10.0. The molecule has 0 radical (unpaired) electrons. The SMILES string of the molecule is COCCOC1C(=O)CC1Oc1ccc([N+](=O)[O-])cc1C. The molecule has 0 spiro atoms. The highest BCUT2D eigenvalue weighted by molar-refractivity contribution is 5.90. The van der Waals surface area contributed by atoms with E-state index in [4.69, 9.17) is 14.2 Å². The van der Waals surface area contributed by atoms with E-state index in [0.717, 1.165) is 0 Å². The van der Waals surface area contributed by atoms with Crippen molar-refractivity contribution in [2.75, 3.05) is 20.3 Å². The van der Waals surface area contributed by atoms with Gasteiger partial charge in [-0.2, -0.15) is 0 Å². The van der Waals surface area contributed by atoms with Crippen LogP contribution in [0.3, 0.4) is 0 Å². The van der Waals surface area contributed by atoms with E-state index in [1.807, 2.05) is 0 Å². The Hall–Kier alpha value is -1.99. The lowest BCUT2D eigenvalue weighted by Gasteiger charge is -2.35. The Labute approximate surface area is 122 Å². The predicted molar refractivity (Wildman–Crippen MR) is 73.5 cm³/mol. The molecular weight excluding hydrogens is 278 g/mol. The van der Waals surface area contributed by atoms with Gasteiger partial charge in [-0.05, 0) is 18.6 Å². The average molecular weight is 295 g/mol. The van der Waals surface area contributed by atoms with E-state index in [2.05, 4.69) is 0 Å². The molecule has 0 amide bonds. The van der Waals surface area contributed by atoms with Gasteiger partial charge in [0.05, 0.1) is 18.1 Å². The van der Waals surface area contributed by atoms with Gasteiger partial charge >= 0.3 is 0 Å². The number of ketones is 1. The summed E-state index contributed by atoms with van der Waals surface area (Å²) in [7, 11) is 1.56. The third-order valence-electron chi connectivity index (χ3n) is 3.29. The van der Waals surface area contributed by atoms with E-state index in [0.29, 0.717) is 24.5 Å². The molecule has 1 aliphatic carbocycles. The maximum Gasteiger partial charge on any atom is 0.269 e. The van der Waals surface area contributed by atoms with Gasteiger partial charge in [-0.1, -0.05) is 0 Å². The van der Waals surface area contributed by atoms with Crippen LogP contribution in [0.15, 0.2) is 18.2 Å². The number of carbonyl (C=O) groups excluding carboxylic acids is 1. The lowest BCUT2D eigenvalue weighted by atomic mass is 9.90. The summed E-state index contributed by atoms with van der Waals surface area (Å²) in [6.07, 6.45) is -0.655. The first kappa shape index (κ1) is 15.4. The van der Waals surface area contributed by atoms with Crippen LogP contribution in [0.25, 0.3) is 0 Å². The summed E-state index contributed by atoms with van der Waals surface area (Å²) in [5.74, 6) is 0.522. The van der Waals surface area contributed by atoms with Crippen molar-refractivity contribution in [1.29, 1.82) is 0 Å². The molecule has 7 nitrogen and oxygen atoms in total. The van der Waals surface area contributed by atoms with Crippen molar-refractivity contribution < 1.29 is 23.9 Å². The topological polar surface area (TPSA) is 87.9 Å². The summed E-state index contributed by atoms with van der Waals surface area (Å²) in [6.45, 7) is 2.46. The fourth-order valence-electron chi connectivity index (χ4n) is 2.07. The van der Waals surface area contributed by atoms with E-state index < -0.39 is 11.0 Å². The second-order valence-electron chi connectivity index (χ2n) is 4.82. The molecule has 7 heteroatoms. The number of hydrogen-bond acceptors (Lipinski definition) is 6. The number of Topliss-reactive ketones (excluding diaryl/α,β-unsaturated/α-hetero) is 1. The van der Waals surface area contributed by atoms with Crippen LogP contribution in [-0.2, 0) is 14.3 Å². The molecule has 2 atom stereocenters. The van der Waals surface area contributed by atoms with Crippen molar-refractivity contribution >= 4 is 11.5 Å². The van der Waals surface area contributed by atoms with Gasteiger partial charge in [0.25, 0.3) is 5.69 Å². The summed E-state index contributed by atoms with van der Waals surface area (Å²) in [5.41, 5.74) is 0.664. The second-order valence-corrected chi connectivity index (χ2v) is 4.82. The van der Waals surface area contributed by atoms with Gasteiger partial charge in [-0.15, -0.1) is 0 Å². The van der Waals surface area contributed by atoms with E-state index in [1.54, 1.807) is 20.1 Å². The first-order valence-corrected chi connectivity index (χ1v) is 6.58. The number of nitro groups is 1. The quantitative estimate of drug-likeness (QED) is 0.432. The monoisotopic (exact) mass is 295 g/mol. The van der Waals surface area contributed by atoms with Crippen molar-refractivity contribution in [2.45, 2.75) is 25.6 Å². The molecule has 1 aliphatic rings. The maximum absolute atomic E-state index is 11.5. The minimum Gasteiger partial charge on any atom is -0.486 e. The number of carbonyl (C=O) groups is 1. The molecule has 2 rings (SSSR count). The molecule has 0 heterocycles. The van der Waals surface area contributed by atoms with Gasteiger partial charge in [0, 0.05) is 25.7 Å². The summed E-state index contributed by atoms with van der Waals surface area (Å²) in [4.78, 5) is 21.7. The third-order valence-corrected chi connectivity index (χ3v) is 3.29. The van der Waals surface area contributed by atoms with Crippen LogP contribution in [0.1, 0.15) is 12.0 Å². The van der Waals surface area contributed by atoms with Crippen LogP contribution in [-0.4, -0.2) is 43.2 Å². The van der Waals surface area contributed by atoms with E-state index in [-0.39, 0.29) is 24.0 Å². The highest BCUT2D eigenvalue weighted by Gasteiger charge is 2.42. The maximum atomic E-state index is 11.5. The van der Waals surface area contributed by atoms with Crippen molar-refractivity contribution in [2.24, 2.45) is 0 Å². The highest BCUT2D eigenvalue weighted by atomic mass is 16.6. The van der Waals surface area contributed by atoms with E-state index in [1.165, 1.54) is 12.1 Å². The number of ether oxygens (including phenoxy) is 3. The molecule has 2 unspecified atom stereocenters. The lowest BCUT2D eigenvalue weighted by molar-refractivity contribution is -0.384. The number of hydrogen-bond donors (Lipinski definition) is 0. The predicted octanol–water partition coefficient (Wildman–Crippen LogP) is 1.66. The Morgan fingerprint density at radius 1 is 1.38 bits per heavy atom. The average Bonchev–Trinajstić information content (AvgIpc) is 2.44. The molecule has 0 aromatic heterocycles. The third kappa shape index (κ3) is 3.56. The van der Waals surface area contributed by atoms with Gasteiger partial charge in [0.2, 0.25) is 0 Å². The second kappa shape index (κ2) is 6.64. The zero-order valence-electron chi connectivity index (χ0n) is 11.9. The summed E-state index contributed by atoms with van der Waals surface area (Å²) in [5, 5.41) is 10.7. The van der Waals surface area contributed by atoms with Crippen molar-refractivity contribution in [3.63, 3.8) is 0 Å².